The minimum Gasteiger partial charge on any atom is -0.480 e. The molecule has 0 aliphatic carbocycles. The maximum absolute atomic E-state index is 12.2. The molecule has 0 fully saturated rings. The van der Waals surface area contributed by atoms with E-state index in [0.717, 1.165) is 12.0 Å². The van der Waals surface area contributed by atoms with Gasteiger partial charge in [-0.1, -0.05) is 37.6 Å². The zero-order valence-electron chi connectivity index (χ0n) is 13.9. The molecule has 0 atom stereocenters. The Kier molecular flexibility index (Phi) is 8.26. The van der Waals surface area contributed by atoms with Gasteiger partial charge < -0.3 is 15.3 Å². The molecule has 0 radical (unpaired) electrons. The van der Waals surface area contributed by atoms with Crippen molar-refractivity contribution in [2.45, 2.75) is 33.2 Å². The molecule has 24 heavy (non-hydrogen) atoms. The van der Waals surface area contributed by atoms with E-state index < -0.39 is 18.4 Å². The number of carboxylic acids is 1. The Morgan fingerprint density at radius 1 is 1.21 bits per heavy atom. The summed E-state index contributed by atoms with van der Waals surface area (Å²) in [5.41, 5.74) is 0.764. The average molecular weight is 355 g/mol. The molecule has 132 valence electrons. The second kappa shape index (κ2) is 9.93. The lowest BCUT2D eigenvalue weighted by atomic mass is 10.1. The first-order chi connectivity index (χ1) is 11.3. The van der Waals surface area contributed by atoms with E-state index in [9.17, 15) is 14.4 Å². The molecule has 0 unspecified atom stereocenters. The fourth-order valence-corrected chi connectivity index (χ4v) is 2.13. The van der Waals surface area contributed by atoms with Crippen molar-refractivity contribution in [2.75, 3.05) is 13.1 Å². The SMILES string of the molecule is CC(C)CCC(=O)NCC(=O)N(CC(=O)O)Cc1ccc(Cl)cc1. The molecule has 0 saturated carbocycles. The van der Waals surface area contributed by atoms with Crippen LogP contribution in [-0.2, 0) is 20.9 Å². The van der Waals surface area contributed by atoms with Crippen LogP contribution in [0.5, 0.6) is 0 Å². The van der Waals surface area contributed by atoms with Gasteiger partial charge in [0, 0.05) is 18.0 Å². The number of carbonyl (C=O) groups excluding carboxylic acids is 2. The molecule has 0 aromatic heterocycles. The zero-order chi connectivity index (χ0) is 18.1. The van der Waals surface area contributed by atoms with Gasteiger partial charge in [-0.25, -0.2) is 0 Å². The third kappa shape index (κ3) is 7.97. The minimum atomic E-state index is -1.11. The van der Waals surface area contributed by atoms with Crippen molar-refractivity contribution in [1.29, 1.82) is 0 Å². The van der Waals surface area contributed by atoms with Crippen LogP contribution in [0.3, 0.4) is 0 Å². The molecular formula is C17H23ClN2O4. The molecule has 1 aromatic rings. The van der Waals surface area contributed by atoms with Crippen LogP contribution in [0.15, 0.2) is 24.3 Å². The molecule has 1 rings (SSSR count). The van der Waals surface area contributed by atoms with E-state index in [1.807, 2.05) is 13.8 Å². The number of hydrogen-bond donors (Lipinski definition) is 2. The maximum atomic E-state index is 12.2. The topological polar surface area (TPSA) is 86.7 Å². The molecule has 1 aromatic carbocycles. The third-order valence-corrected chi connectivity index (χ3v) is 3.60. The summed E-state index contributed by atoms with van der Waals surface area (Å²) in [6, 6.07) is 6.80. The first-order valence-electron chi connectivity index (χ1n) is 7.78. The lowest BCUT2D eigenvalue weighted by Gasteiger charge is -2.21. The van der Waals surface area contributed by atoms with Gasteiger partial charge in [-0.2, -0.15) is 0 Å². The predicted molar refractivity (Wildman–Crippen MR) is 91.6 cm³/mol. The van der Waals surface area contributed by atoms with Gasteiger partial charge in [0.2, 0.25) is 11.8 Å². The predicted octanol–water partition coefficient (Wildman–Crippen LogP) is 2.31. The fourth-order valence-electron chi connectivity index (χ4n) is 2.00. The number of nitrogens with zero attached hydrogens (tertiary/aromatic N) is 1. The van der Waals surface area contributed by atoms with E-state index in [1.54, 1.807) is 24.3 Å². The van der Waals surface area contributed by atoms with Crippen LogP contribution < -0.4 is 5.32 Å². The van der Waals surface area contributed by atoms with E-state index in [-0.39, 0.29) is 19.0 Å². The molecule has 0 saturated heterocycles. The van der Waals surface area contributed by atoms with Crippen LogP contribution in [0.2, 0.25) is 5.02 Å². The second-order valence-corrected chi connectivity index (χ2v) is 6.42. The first kappa shape index (κ1) is 20.0. The number of benzene rings is 1. The van der Waals surface area contributed by atoms with E-state index in [0.29, 0.717) is 17.4 Å². The zero-order valence-corrected chi connectivity index (χ0v) is 14.7. The number of carboxylic acid groups (broad SMARTS) is 1. The Bertz CT molecular complexity index is 572. The minimum absolute atomic E-state index is 0.143. The summed E-state index contributed by atoms with van der Waals surface area (Å²) in [7, 11) is 0. The van der Waals surface area contributed by atoms with Crippen LogP contribution in [0.1, 0.15) is 32.3 Å². The normalized spacial score (nSPS) is 10.5. The van der Waals surface area contributed by atoms with Crippen molar-refractivity contribution in [3.63, 3.8) is 0 Å². The fraction of sp³-hybridized carbons (Fsp3) is 0.471. The van der Waals surface area contributed by atoms with Crippen LogP contribution in [-0.4, -0.2) is 40.9 Å². The smallest absolute Gasteiger partial charge is 0.323 e. The van der Waals surface area contributed by atoms with Gasteiger partial charge in [0.1, 0.15) is 6.54 Å². The molecule has 6 nitrogen and oxygen atoms in total. The maximum Gasteiger partial charge on any atom is 0.323 e. The second-order valence-electron chi connectivity index (χ2n) is 5.98. The number of rotatable bonds is 9. The Hall–Kier alpha value is -2.08. The van der Waals surface area contributed by atoms with Crippen LogP contribution in [0.25, 0.3) is 0 Å². The summed E-state index contributed by atoms with van der Waals surface area (Å²) in [6.07, 6.45) is 1.09. The van der Waals surface area contributed by atoms with Gasteiger partial charge >= 0.3 is 5.97 Å². The van der Waals surface area contributed by atoms with Crippen molar-refractivity contribution < 1.29 is 19.5 Å². The molecule has 2 amide bonds. The Morgan fingerprint density at radius 3 is 2.38 bits per heavy atom. The van der Waals surface area contributed by atoms with Crippen LogP contribution in [0, 0.1) is 5.92 Å². The highest BCUT2D eigenvalue weighted by Crippen LogP contribution is 2.11. The number of hydrogen-bond acceptors (Lipinski definition) is 3. The molecular weight excluding hydrogens is 332 g/mol. The summed E-state index contributed by atoms with van der Waals surface area (Å²) < 4.78 is 0. The average Bonchev–Trinajstić information content (AvgIpc) is 2.51. The monoisotopic (exact) mass is 354 g/mol. The first-order valence-corrected chi connectivity index (χ1v) is 8.16. The number of carbonyl (C=O) groups is 3. The standard InChI is InChI=1S/C17H23ClN2O4/c1-12(2)3-8-15(21)19-9-16(22)20(11-17(23)24)10-13-4-6-14(18)7-5-13/h4-7,12H,3,8-11H2,1-2H3,(H,19,21)(H,23,24). The summed E-state index contributed by atoms with van der Waals surface area (Å²) in [5, 5.41) is 12.1. The van der Waals surface area contributed by atoms with Gasteiger partial charge in [-0.15, -0.1) is 0 Å². The van der Waals surface area contributed by atoms with E-state index in [2.05, 4.69) is 5.32 Å². The molecule has 0 aliphatic rings. The van der Waals surface area contributed by atoms with Crippen molar-refractivity contribution in [3.05, 3.63) is 34.9 Å². The van der Waals surface area contributed by atoms with Crippen molar-refractivity contribution in [2.24, 2.45) is 5.92 Å². The van der Waals surface area contributed by atoms with E-state index in [4.69, 9.17) is 16.7 Å². The van der Waals surface area contributed by atoms with Gasteiger partial charge in [0.15, 0.2) is 0 Å². The van der Waals surface area contributed by atoms with Crippen LogP contribution >= 0.6 is 11.6 Å². The van der Waals surface area contributed by atoms with Gasteiger partial charge in [0.05, 0.1) is 6.54 Å². The Morgan fingerprint density at radius 2 is 1.83 bits per heavy atom. The van der Waals surface area contributed by atoms with E-state index >= 15 is 0 Å². The number of aliphatic carboxylic acids is 1. The number of nitrogens with one attached hydrogen (secondary N) is 1. The number of amides is 2. The highest BCUT2D eigenvalue weighted by Gasteiger charge is 2.18. The van der Waals surface area contributed by atoms with Gasteiger partial charge in [0.25, 0.3) is 0 Å². The highest BCUT2D eigenvalue weighted by molar-refractivity contribution is 6.30. The molecule has 0 heterocycles. The lowest BCUT2D eigenvalue weighted by molar-refractivity contribution is -0.144. The van der Waals surface area contributed by atoms with Crippen molar-refractivity contribution in [1.82, 2.24) is 10.2 Å². The van der Waals surface area contributed by atoms with Crippen molar-refractivity contribution >= 4 is 29.4 Å². The van der Waals surface area contributed by atoms with E-state index in [1.165, 1.54) is 4.90 Å². The van der Waals surface area contributed by atoms with Crippen molar-refractivity contribution in [3.8, 4) is 0 Å². The molecule has 0 aliphatic heterocycles. The Labute approximate surface area is 146 Å². The largest absolute Gasteiger partial charge is 0.480 e. The van der Waals surface area contributed by atoms with Gasteiger partial charge in [-0.05, 0) is 30.0 Å². The molecule has 7 heteroatoms. The molecule has 0 spiro atoms. The lowest BCUT2D eigenvalue weighted by Crippen LogP contribution is -2.42. The third-order valence-electron chi connectivity index (χ3n) is 3.35. The summed E-state index contributed by atoms with van der Waals surface area (Å²) >= 11 is 5.81. The summed E-state index contributed by atoms with van der Waals surface area (Å²) in [6.45, 7) is 3.53. The highest BCUT2D eigenvalue weighted by atomic mass is 35.5. The number of halogens is 1. The summed E-state index contributed by atoms with van der Waals surface area (Å²) in [5.74, 6) is -1.35. The quantitative estimate of drug-likeness (QED) is 0.712. The van der Waals surface area contributed by atoms with Crippen LogP contribution in [0.4, 0.5) is 0 Å². The molecule has 0 bridgehead atoms. The Balaban J connectivity index is 2.59. The molecule has 2 N–H and O–H groups in total. The summed E-state index contributed by atoms with van der Waals surface area (Å²) in [4.78, 5) is 36.1. The van der Waals surface area contributed by atoms with Gasteiger partial charge in [-0.3, -0.25) is 14.4 Å².